The number of thiocarbonyl (C=S) groups is 1. The second-order valence-corrected chi connectivity index (χ2v) is 8.62. The lowest BCUT2D eigenvalue weighted by Gasteiger charge is -2.16. The largest absolute Gasteiger partial charge is 0.493 e. The Labute approximate surface area is 198 Å². The molecule has 10 heteroatoms. The van der Waals surface area contributed by atoms with Gasteiger partial charge in [0.25, 0.3) is 11.8 Å². The molecule has 0 N–H and O–H groups in total. The van der Waals surface area contributed by atoms with E-state index in [1.807, 2.05) is 31.2 Å². The first kappa shape index (κ1) is 22.2. The molecule has 32 heavy (non-hydrogen) atoms. The number of carbonyl (C=O) groups excluding carboxylic acids is 1. The molecule has 1 aromatic heterocycles. The molecular formula is C22H15ClFN3O3S2. The number of thioether (sulfide) groups is 1. The van der Waals surface area contributed by atoms with Crippen LogP contribution in [-0.2, 0) is 4.79 Å². The molecule has 2 heterocycles. The first-order valence-electron chi connectivity index (χ1n) is 9.25. The fourth-order valence-corrected chi connectivity index (χ4v) is 4.42. The Morgan fingerprint density at radius 1 is 1.22 bits per heavy atom. The molecule has 0 saturated carbocycles. The van der Waals surface area contributed by atoms with Crippen LogP contribution >= 0.6 is 35.6 Å². The molecule has 1 fully saturated rings. The molecule has 0 unspecified atom stereocenters. The number of methoxy groups -OCH3 is 1. The van der Waals surface area contributed by atoms with E-state index < -0.39 is 5.82 Å². The normalized spacial score (nSPS) is 14.9. The van der Waals surface area contributed by atoms with Gasteiger partial charge in [0.1, 0.15) is 0 Å². The van der Waals surface area contributed by atoms with E-state index in [1.54, 1.807) is 24.3 Å². The van der Waals surface area contributed by atoms with Gasteiger partial charge in [-0.15, -0.1) is 0 Å². The van der Waals surface area contributed by atoms with Gasteiger partial charge in [-0.3, -0.25) is 9.69 Å². The van der Waals surface area contributed by atoms with E-state index in [0.717, 1.165) is 17.4 Å². The first-order chi connectivity index (χ1) is 15.4. The number of halogens is 2. The van der Waals surface area contributed by atoms with E-state index in [-0.39, 0.29) is 22.8 Å². The highest BCUT2D eigenvalue weighted by atomic mass is 35.5. The molecule has 1 aliphatic heterocycles. The topological polar surface area (TPSA) is 64.5 Å². The number of hydrogen-bond acceptors (Lipinski definition) is 7. The van der Waals surface area contributed by atoms with E-state index in [0.29, 0.717) is 20.5 Å². The van der Waals surface area contributed by atoms with Crippen LogP contribution in [0.3, 0.4) is 0 Å². The van der Waals surface area contributed by atoms with Gasteiger partial charge in [-0.2, -0.15) is 9.37 Å². The molecule has 0 atom stereocenters. The maximum atomic E-state index is 13.9. The molecule has 1 amide bonds. The van der Waals surface area contributed by atoms with Crippen molar-refractivity contribution in [2.24, 2.45) is 0 Å². The number of carbonyl (C=O) groups is 1. The Hall–Kier alpha value is -3.01. The first-order valence-corrected chi connectivity index (χ1v) is 10.8. The van der Waals surface area contributed by atoms with E-state index in [2.05, 4.69) is 9.97 Å². The number of rotatable bonds is 5. The molecule has 162 valence electrons. The molecule has 0 radical (unpaired) electrons. The van der Waals surface area contributed by atoms with Crippen LogP contribution in [0, 0.1) is 12.7 Å². The predicted molar refractivity (Wildman–Crippen MR) is 127 cm³/mol. The van der Waals surface area contributed by atoms with Crippen LogP contribution in [0.4, 0.5) is 10.1 Å². The number of hydrogen-bond donors (Lipinski definition) is 0. The van der Waals surface area contributed by atoms with Gasteiger partial charge in [-0.1, -0.05) is 48.2 Å². The highest BCUT2D eigenvalue weighted by Gasteiger charge is 2.34. The van der Waals surface area contributed by atoms with Crippen LogP contribution in [0.25, 0.3) is 6.08 Å². The number of aryl methyl sites for hydroxylation is 1. The average Bonchev–Trinajstić information content (AvgIpc) is 3.05. The van der Waals surface area contributed by atoms with Gasteiger partial charge >= 0.3 is 0 Å². The molecular weight excluding hydrogens is 473 g/mol. The summed E-state index contributed by atoms with van der Waals surface area (Å²) in [5, 5.41) is -0.146. The number of benzene rings is 2. The Morgan fingerprint density at radius 3 is 2.75 bits per heavy atom. The lowest BCUT2D eigenvalue weighted by Crippen LogP contribution is -2.28. The van der Waals surface area contributed by atoms with Crippen molar-refractivity contribution >= 4 is 57.6 Å². The maximum Gasteiger partial charge on any atom is 0.270 e. The van der Waals surface area contributed by atoms with Crippen molar-refractivity contribution in [3.05, 3.63) is 75.8 Å². The summed E-state index contributed by atoms with van der Waals surface area (Å²) in [5.41, 5.74) is 2.39. The Bertz CT molecular complexity index is 1270. The van der Waals surface area contributed by atoms with Crippen molar-refractivity contribution in [3.8, 4) is 17.4 Å². The molecule has 6 nitrogen and oxygen atoms in total. The van der Waals surface area contributed by atoms with Crippen molar-refractivity contribution in [1.82, 2.24) is 9.97 Å². The van der Waals surface area contributed by atoms with Gasteiger partial charge in [-0.05, 0) is 53.9 Å². The highest BCUT2D eigenvalue weighted by molar-refractivity contribution is 8.27. The zero-order chi connectivity index (χ0) is 22.8. The number of aromatic nitrogens is 2. The van der Waals surface area contributed by atoms with E-state index in [4.69, 9.17) is 33.3 Å². The zero-order valence-corrected chi connectivity index (χ0v) is 19.2. The smallest absolute Gasteiger partial charge is 0.270 e. The average molecular weight is 488 g/mol. The monoisotopic (exact) mass is 487 g/mol. The van der Waals surface area contributed by atoms with Crippen molar-refractivity contribution in [3.63, 3.8) is 0 Å². The number of ether oxygens (including phenoxy) is 2. The van der Waals surface area contributed by atoms with Gasteiger partial charge in [0, 0.05) is 0 Å². The second-order valence-electron chi connectivity index (χ2n) is 6.61. The third-order valence-electron chi connectivity index (χ3n) is 4.52. The number of amides is 1. The number of nitrogens with zero attached hydrogens (tertiary/aromatic N) is 3. The summed E-state index contributed by atoms with van der Waals surface area (Å²) in [6.07, 6.45) is 2.63. The van der Waals surface area contributed by atoms with Gasteiger partial charge in [0.05, 0.1) is 23.9 Å². The predicted octanol–water partition coefficient (Wildman–Crippen LogP) is 5.78. The number of para-hydroxylation sites is 1. The summed E-state index contributed by atoms with van der Waals surface area (Å²) in [5.74, 6) is -0.741. The Kier molecular flexibility index (Phi) is 6.40. The second kappa shape index (κ2) is 9.23. The molecule has 0 spiro atoms. The summed E-state index contributed by atoms with van der Waals surface area (Å²) < 4.78 is 25.2. The molecule has 0 aliphatic carbocycles. The minimum atomic E-state index is -0.764. The Balaban J connectivity index is 1.62. The van der Waals surface area contributed by atoms with Crippen LogP contribution in [0.15, 0.2) is 53.6 Å². The van der Waals surface area contributed by atoms with Crippen molar-refractivity contribution in [2.45, 2.75) is 6.92 Å². The van der Waals surface area contributed by atoms with Crippen molar-refractivity contribution in [1.29, 1.82) is 0 Å². The minimum Gasteiger partial charge on any atom is -0.493 e. The molecule has 3 aromatic rings. The Morgan fingerprint density at radius 2 is 2.00 bits per heavy atom. The van der Waals surface area contributed by atoms with E-state index in [9.17, 15) is 9.18 Å². The van der Waals surface area contributed by atoms with Gasteiger partial charge in [0.2, 0.25) is 11.1 Å². The lowest BCUT2D eigenvalue weighted by molar-refractivity contribution is -0.113. The molecule has 1 saturated heterocycles. The summed E-state index contributed by atoms with van der Waals surface area (Å²) in [4.78, 5) is 22.3. The third kappa shape index (κ3) is 4.45. The molecule has 2 aromatic carbocycles. The fourth-order valence-electron chi connectivity index (χ4n) is 3.01. The van der Waals surface area contributed by atoms with Crippen molar-refractivity contribution < 1.29 is 18.7 Å². The van der Waals surface area contributed by atoms with Gasteiger partial charge < -0.3 is 9.47 Å². The summed E-state index contributed by atoms with van der Waals surface area (Å²) in [6.45, 7) is 1.93. The van der Waals surface area contributed by atoms with Crippen LogP contribution in [0.5, 0.6) is 17.4 Å². The molecule has 4 rings (SSSR count). The van der Waals surface area contributed by atoms with Crippen LogP contribution < -0.4 is 14.4 Å². The molecule has 1 aliphatic rings. The van der Waals surface area contributed by atoms with Crippen LogP contribution in [-0.4, -0.2) is 27.3 Å². The summed E-state index contributed by atoms with van der Waals surface area (Å²) in [7, 11) is 1.45. The van der Waals surface area contributed by atoms with Gasteiger partial charge in [0.15, 0.2) is 15.8 Å². The lowest BCUT2D eigenvalue weighted by atomic mass is 10.1. The van der Waals surface area contributed by atoms with E-state index in [1.165, 1.54) is 23.8 Å². The summed E-state index contributed by atoms with van der Waals surface area (Å²) >= 11 is 12.4. The van der Waals surface area contributed by atoms with Crippen LogP contribution in [0.1, 0.15) is 11.1 Å². The highest BCUT2D eigenvalue weighted by Crippen LogP contribution is 2.38. The van der Waals surface area contributed by atoms with Gasteiger partial charge in [-0.25, -0.2) is 4.98 Å². The maximum absolute atomic E-state index is 13.9. The molecule has 0 bridgehead atoms. The summed E-state index contributed by atoms with van der Waals surface area (Å²) in [6, 6.07) is 12.5. The third-order valence-corrected chi connectivity index (χ3v) is 6.01. The standard InChI is InChI=1S/C22H15ClFN3O3S2/c1-12-5-3-4-6-15(12)27-20(28)18(32-22(27)31)10-13-7-8-16(17(9-13)29-2)30-19-14(24)11-25-21(23)26-19/h3-11H,1-2H3/b18-10+. The zero-order valence-electron chi connectivity index (χ0n) is 16.8. The minimum absolute atomic E-state index is 0.146. The van der Waals surface area contributed by atoms with Crippen molar-refractivity contribution in [2.75, 3.05) is 12.0 Å². The van der Waals surface area contributed by atoms with Crippen LogP contribution in [0.2, 0.25) is 5.28 Å². The van der Waals surface area contributed by atoms with E-state index >= 15 is 0 Å². The number of anilines is 1. The SMILES string of the molecule is COc1cc(/C=C2/SC(=S)N(c3ccccc3C)C2=O)ccc1Oc1nc(Cl)ncc1F. The quantitative estimate of drug-likeness (QED) is 0.256. The fraction of sp³-hybridized carbons (Fsp3) is 0.0909.